The Labute approximate surface area is 118 Å². The molecule has 0 fully saturated rings. The van der Waals surface area contributed by atoms with E-state index in [2.05, 4.69) is 40.5 Å². The summed E-state index contributed by atoms with van der Waals surface area (Å²) >= 11 is 0. The number of benzene rings is 1. The van der Waals surface area contributed by atoms with E-state index in [0.29, 0.717) is 0 Å². The Bertz CT molecular complexity index is 702. The number of hydrogen-bond acceptors (Lipinski definition) is 3. The van der Waals surface area contributed by atoms with Crippen molar-refractivity contribution in [2.75, 3.05) is 5.32 Å². The average molecular weight is 266 g/mol. The molecule has 0 saturated carbocycles. The fraction of sp³-hybridized carbons (Fsp3) is 0.250. The lowest BCUT2D eigenvalue weighted by Crippen LogP contribution is -2.09. The molecule has 3 aromatic rings. The van der Waals surface area contributed by atoms with Crippen LogP contribution < -0.4 is 5.32 Å². The summed E-state index contributed by atoms with van der Waals surface area (Å²) in [4.78, 5) is 4.45. The maximum atomic E-state index is 4.45. The molecule has 0 aliphatic rings. The molecule has 0 saturated heterocycles. The monoisotopic (exact) mass is 266 g/mol. The van der Waals surface area contributed by atoms with Crippen LogP contribution in [0.5, 0.6) is 0 Å². The summed E-state index contributed by atoms with van der Waals surface area (Å²) in [5, 5.41) is 8.90. The molecule has 1 aromatic carbocycles. The normalized spacial score (nSPS) is 10.8. The molecule has 0 aliphatic heterocycles. The zero-order valence-electron chi connectivity index (χ0n) is 11.6. The summed E-state index contributed by atoms with van der Waals surface area (Å²) in [6.07, 6.45) is 4.82. The van der Waals surface area contributed by atoms with Crippen molar-refractivity contribution in [3.05, 3.63) is 54.5 Å². The van der Waals surface area contributed by atoms with Crippen molar-refractivity contribution in [2.45, 2.75) is 26.4 Å². The van der Waals surface area contributed by atoms with E-state index >= 15 is 0 Å². The molecule has 0 radical (unpaired) electrons. The third kappa shape index (κ3) is 2.64. The van der Waals surface area contributed by atoms with Gasteiger partial charge < -0.3 is 5.32 Å². The van der Waals surface area contributed by atoms with Gasteiger partial charge in [0.1, 0.15) is 0 Å². The van der Waals surface area contributed by atoms with Crippen LogP contribution >= 0.6 is 0 Å². The molecule has 2 heterocycles. The quantitative estimate of drug-likeness (QED) is 0.769. The van der Waals surface area contributed by atoms with Gasteiger partial charge in [-0.3, -0.25) is 9.67 Å². The average Bonchev–Trinajstić information content (AvgIpc) is 2.93. The molecule has 4 nitrogen and oxygen atoms in total. The molecular weight excluding hydrogens is 248 g/mol. The lowest BCUT2D eigenvalue weighted by atomic mass is 10.2. The number of aryl methyl sites for hydroxylation is 1. The SMILES string of the molecule is CCCn1nccc1CNc1cnc2ccccc2c1. The highest BCUT2D eigenvalue weighted by Gasteiger charge is 2.02. The third-order valence-electron chi connectivity index (χ3n) is 3.30. The molecular formula is C16H18N4. The molecule has 0 unspecified atom stereocenters. The van der Waals surface area contributed by atoms with Crippen LogP contribution in [0.3, 0.4) is 0 Å². The maximum absolute atomic E-state index is 4.45. The number of fused-ring (bicyclic) bond motifs is 1. The standard InChI is InChI=1S/C16H18N4/c1-2-9-20-15(7-8-19-20)12-17-14-10-13-5-3-4-6-16(13)18-11-14/h3-8,10-11,17H,2,9,12H2,1H3. The Morgan fingerprint density at radius 3 is 3.00 bits per heavy atom. The van der Waals surface area contributed by atoms with E-state index in [1.807, 2.05) is 35.3 Å². The molecule has 0 aliphatic carbocycles. The van der Waals surface area contributed by atoms with E-state index in [1.165, 1.54) is 5.69 Å². The van der Waals surface area contributed by atoms with Crippen LogP contribution in [0.25, 0.3) is 10.9 Å². The summed E-state index contributed by atoms with van der Waals surface area (Å²) in [5.74, 6) is 0. The summed E-state index contributed by atoms with van der Waals surface area (Å²) in [5.41, 5.74) is 3.25. The molecule has 4 heteroatoms. The molecule has 20 heavy (non-hydrogen) atoms. The number of aromatic nitrogens is 3. The van der Waals surface area contributed by atoms with E-state index < -0.39 is 0 Å². The minimum absolute atomic E-state index is 0.764. The summed E-state index contributed by atoms with van der Waals surface area (Å²) in [7, 11) is 0. The fourth-order valence-electron chi connectivity index (χ4n) is 2.28. The van der Waals surface area contributed by atoms with Crippen LogP contribution in [-0.4, -0.2) is 14.8 Å². The van der Waals surface area contributed by atoms with Crippen molar-refractivity contribution in [3.63, 3.8) is 0 Å². The number of rotatable bonds is 5. The van der Waals surface area contributed by atoms with E-state index in [-0.39, 0.29) is 0 Å². The Kier molecular flexibility index (Phi) is 3.63. The van der Waals surface area contributed by atoms with E-state index in [9.17, 15) is 0 Å². The van der Waals surface area contributed by atoms with Gasteiger partial charge in [-0.25, -0.2) is 0 Å². The van der Waals surface area contributed by atoms with Crippen molar-refractivity contribution in [3.8, 4) is 0 Å². The van der Waals surface area contributed by atoms with Crippen molar-refractivity contribution in [1.29, 1.82) is 0 Å². The van der Waals surface area contributed by atoms with E-state index in [0.717, 1.165) is 36.1 Å². The topological polar surface area (TPSA) is 42.7 Å². The molecule has 102 valence electrons. The van der Waals surface area contributed by atoms with E-state index in [1.54, 1.807) is 0 Å². The Morgan fingerprint density at radius 1 is 1.20 bits per heavy atom. The molecule has 3 rings (SSSR count). The molecule has 2 aromatic heterocycles. The van der Waals surface area contributed by atoms with Gasteiger partial charge in [0, 0.05) is 18.1 Å². The summed E-state index contributed by atoms with van der Waals surface area (Å²) in [6, 6.07) is 12.3. The number of nitrogens with one attached hydrogen (secondary N) is 1. The van der Waals surface area contributed by atoms with Crippen LogP contribution in [0.1, 0.15) is 19.0 Å². The predicted octanol–water partition coefficient (Wildman–Crippen LogP) is 3.45. The van der Waals surface area contributed by atoms with Crippen LogP contribution in [-0.2, 0) is 13.1 Å². The highest BCUT2D eigenvalue weighted by Crippen LogP contribution is 2.16. The highest BCUT2D eigenvalue weighted by atomic mass is 15.3. The number of anilines is 1. The van der Waals surface area contributed by atoms with Gasteiger partial charge in [0.2, 0.25) is 0 Å². The minimum atomic E-state index is 0.764. The molecule has 0 spiro atoms. The smallest absolute Gasteiger partial charge is 0.0703 e. The minimum Gasteiger partial charge on any atom is -0.378 e. The van der Waals surface area contributed by atoms with Gasteiger partial charge in [-0.1, -0.05) is 25.1 Å². The van der Waals surface area contributed by atoms with Gasteiger partial charge in [0.15, 0.2) is 0 Å². The van der Waals surface area contributed by atoms with Gasteiger partial charge >= 0.3 is 0 Å². The van der Waals surface area contributed by atoms with Crippen LogP contribution in [0, 0.1) is 0 Å². The Morgan fingerprint density at radius 2 is 2.10 bits per heavy atom. The molecule has 1 N–H and O–H groups in total. The fourth-order valence-corrected chi connectivity index (χ4v) is 2.28. The van der Waals surface area contributed by atoms with Gasteiger partial charge in [0.05, 0.1) is 29.6 Å². The third-order valence-corrected chi connectivity index (χ3v) is 3.30. The summed E-state index contributed by atoms with van der Waals surface area (Å²) in [6.45, 7) is 3.88. The first-order valence-corrected chi connectivity index (χ1v) is 6.96. The van der Waals surface area contributed by atoms with Crippen molar-refractivity contribution in [1.82, 2.24) is 14.8 Å². The second-order valence-electron chi connectivity index (χ2n) is 4.82. The Hall–Kier alpha value is -2.36. The Balaban J connectivity index is 1.74. The molecule has 0 atom stereocenters. The van der Waals surface area contributed by atoms with Gasteiger partial charge in [-0.2, -0.15) is 5.10 Å². The largest absolute Gasteiger partial charge is 0.378 e. The first kappa shape index (κ1) is 12.7. The van der Waals surface area contributed by atoms with Gasteiger partial charge in [0.25, 0.3) is 0 Å². The number of pyridine rings is 1. The zero-order chi connectivity index (χ0) is 13.8. The summed E-state index contributed by atoms with van der Waals surface area (Å²) < 4.78 is 2.04. The van der Waals surface area contributed by atoms with Gasteiger partial charge in [-0.05, 0) is 24.6 Å². The van der Waals surface area contributed by atoms with Gasteiger partial charge in [-0.15, -0.1) is 0 Å². The van der Waals surface area contributed by atoms with Crippen molar-refractivity contribution >= 4 is 16.6 Å². The van der Waals surface area contributed by atoms with Crippen LogP contribution in [0.15, 0.2) is 48.8 Å². The lowest BCUT2D eigenvalue weighted by molar-refractivity contribution is 0.578. The van der Waals surface area contributed by atoms with Crippen LogP contribution in [0.2, 0.25) is 0 Å². The molecule has 0 bridgehead atoms. The maximum Gasteiger partial charge on any atom is 0.0703 e. The van der Waals surface area contributed by atoms with Crippen LogP contribution in [0.4, 0.5) is 5.69 Å². The van der Waals surface area contributed by atoms with Crippen molar-refractivity contribution in [2.24, 2.45) is 0 Å². The first-order chi connectivity index (χ1) is 9.86. The highest BCUT2D eigenvalue weighted by molar-refractivity contribution is 5.81. The first-order valence-electron chi connectivity index (χ1n) is 6.96. The molecule has 0 amide bonds. The second kappa shape index (κ2) is 5.74. The number of para-hydroxylation sites is 1. The predicted molar refractivity (Wildman–Crippen MR) is 81.6 cm³/mol. The number of nitrogens with zero attached hydrogens (tertiary/aromatic N) is 3. The lowest BCUT2D eigenvalue weighted by Gasteiger charge is -2.09. The van der Waals surface area contributed by atoms with Crippen molar-refractivity contribution < 1.29 is 0 Å². The number of hydrogen-bond donors (Lipinski definition) is 1. The second-order valence-corrected chi connectivity index (χ2v) is 4.82. The van der Waals surface area contributed by atoms with E-state index in [4.69, 9.17) is 0 Å². The zero-order valence-corrected chi connectivity index (χ0v) is 11.6.